The Morgan fingerprint density at radius 3 is 3.07 bits per heavy atom. The molecule has 1 aromatic heterocycles. The van der Waals surface area contributed by atoms with Gasteiger partial charge in [0.25, 0.3) is 6.47 Å². The fourth-order valence-electron chi connectivity index (χ4n) is 1.35. The maximum atomic E-state index is 10.0. The molecule has 1 heterocycles. The SMILES string of the molecule is O=COCc1ccc2ccncc2c1. The van der Waals surface area contributed by atoms with Crippen LogP contribution in [-0.4, -0.2) is 11.5 Å². The lowest BCUT2D eigenvalue weighted by Gasteiger charge is -2.01. The molecule has 14 heavy (non-hydrogen) atoms. The number of benzene rings is 1. The van der Waals surface area contributed by atoms with Gasteiger partial charge in [0.2, 0.25) is 0 Å². The van der Waals surface area contributed by atoms with E-state index in [1.807, 2.05) is 24.3 Å². The Morgan fingerprint density at radius 1 is 1.29 bits per heavy atom. The van der Waals surface area contributed by atoms with Crippen LogP contribution in [0.5, 0.6) is 0 Å². The number of hydrogen-bond acceptors (Lipinski definition) is 3. The van der Waals surface area contributed by atoms with Crippen molar-refractivity contribution in [2.75, 3.05) is 0 Å². The second-order valence-electron chi connectivity index (χ2n) is 2.96. The summed E-state index contributed by atoms with van der Waals surface area (Å²) in [6, 6.07) is 7.83. The standard InChI is InChI=1S/C11H9NO2/c13-8-14-7-9-1-2-10-3-4-12-6-11(10)5-9/h1-6,8H,7H2. The van der Waals surface area contributed by atoms with Gasteiger partial charge in [-0.25, -0.2) is 0 Å². The van der Waals surface area contributed by atoms with E-state index in [0.717, 1.165) is 16.3 Å². The van der Waals surface area contributed by atoms with E-state index in [0.29, 0.717) is 13.1 Å². The fraction of sp³-hybridized carbons (Fsp3) is 0.0909. The van der Waals surface area contributed by atoms with Gasteiger partial charge in [-0.1, -0.05) is 12.1 Å². The van der Waals surface area contributed by atoms with E-state index >= 15 is 0 Å². The maximum absolute atomic E-state index is 10.0. The normalized spacial score (nSPS) is 10.0. The van der Waals surface area contributed by atoms with Crippen molar-refractivity contribution >= 4 is 17.2 Å². The smallest absolute Gasteiger partial charge is 0.293 e. The minimum absolute atomic E-state index is 0.314. The Hall–Kier alpha value is -1.90. The monoisotopic (exact) mass is 187 g/mol. The molecule has 0 fully saturated rings. The van der Waals surface area contributed by atoms with Gasteiger partial charge in [0.1, 0.15) is 6.61 Å². The molecule has 0 N–H and O–H groups in total. The van der Waals surface area contributed by atoms with Crippen LogP contribution >= 0.6 is 0 Å². The number of nitrogens with zero attached hydrogens (tertiary/aromatic N) is 1. The summed E-state index contributed by atoms with van der Waals surface area (Å²) in [5, 5.41) is 2.19. The number of ether oxygens (including phenoxy) is 1. The molecule has 0 aliphatic rings. The summed E-state index contributed by atoms with van der Waals surface area (Å²) in [6.07, 6.45) is 3.55. The summed E-state index contributed by atoms with van der Waals surface area (Å²) in [4.78, 5) is 14.0. The molecule has 0 unspecified atom stereocenters. The Labute approximate surface area is 81.3 Å². The predicted octanol–water partition coefficient (Wildman–Crippen LogP) is 1.91. The van der Waals surface area contributed by atoms with Gasteiger partial charge in [0.15, 0.2) is 0 Å². The predicted molar refractivity (Wildman–Crippen MR) is 52.6 cm³/mol. The van der Waals surface area contributed by atoms with Crippen molar-refractivity contribution in [2.45, 2.75) is 6.61 Å². The molecule has 0 saturated carbocycles. The van der Waals surface area contributed by atoms with Crippen LogP contribution in [0, 0.1) is 0 Å². The molecule has 3 nitrogen and oxygen atoms in total. The number of fused-ring (bicyclic) bond motifs is 1. The molecule has 0 bridgehead atoms. The summed E-state index contributed by atoms with van der Waals surface area (Å²) in [5.41, 5.74) is 0.970. The molecule has 0 amide bonds. The number of carbonyl (C=O) groups is 1. The van der Waals surface area contributed by atoms with Crippen molar-refractivity contribution in [3.05, 3.63) is 42.2 Å². The van der Waals surface area contributed by atoms with Crippen LogP contribution in [0.2, 0.25) is 0 Å². The molecule has 2 aromatic rings. The molecule has 0 radical (unpaired) electrons. The van der Waals surface area contributed by atoms with Gasteiger partial charge >= 0.3 is 0 Å². The molecule has 0 spiro atoms. The quantitative estimate of drug-likeness (QED) is 0.689. The number of pyridine rings is 1. The summed E-state index contributed by atoms with van der Waals surface area (Å²) >= 11 is 0. The molecule has 2 rings (SSSR count). The Kier molecular flexibility index (Phi) is 2.40. The zero-order chi connectivity index (χ0) is 9.80. The number of hydrogen-bond donors (Lipinski definition) is 0. The van der Waals surface area contributed by atoms with Gasteiger partial charge in [0, 0.05) is 17.8 Å². The zero-order valence-electron chi connectivity index (χ0n) is 7.51. The van der Waals surface area contributed by atoms with Gasteiger partial charge in [0.05, 0.1) is 0 Å². The van der Waals surface area contributed by atoms with E-state index in [9.17, 15) is 4.79 Å². The van der Waals surface area contributed by atoms with E-state index in [1.165, 1.54) is 0 Å². The van der Waals surface area contributed by atoms with Crippen LogP contribution in [0.4, 0.5) is 0 Å². The van der Waals surface area contributed by atoms with Crippen LogP contribution in [0.3, 0.4) is 0 Å². The first-order valence-electron chi connectivity index (χ1n) is 4.28. The summed E-state index contributed by atoms with van der Waals surface area (Å²) in [5.74, 6) is 0. The lowest BCUT2D eigenvalue weighted by Crippen LogP contribution is -1.89. The average Bonchev–Trinajstić information content (AvgIpc) is 2.26. The van der Waals surface area contributed by atoms with Crippen molar-refractivity contribution in [1.82, 2.24) is 4.98 Å². The van der Waals surface area contributed by atoms with E-state index in [1.54, 1.807) is 12.4 Å². The number of carbonyl (C=O) groups excluding carboxylic acids is 1. The van der Waals surface area contributed by atoms with Crippen LogP contribution in [-0.2, 0) is 16.1 Å². The lowest BCUT2D eigenvalue weighted by atomic mass is 10.1. The molecular formula is C11H9NO2. The molecule has 0 aliphatic carbocycles. The van der Waals surface area contributed by atoms with E-state index in [4.69, 9.17) is 0 Å². The maximum Gasteiger partial charge on any atom is 0.293 e. The third-order valence-corrected chi connectivity index (χ3v) is 2.02. The van der Waals surface area contributed by atoms with E-state index < -0.39 is 0 Å². The van der Waals surface area contributed by atoms with Crippen LogP contribution in [0.1, 0.15) is 5.56 Å². The Bertz CT molecular complexity index is 454. The second kappa shape index (κ2) is 3.87. The molecule has 0 aliphatic heterocycles. The lowest BCUT2D eigenvalue weighted by molar-refractivity contribution is -0.129. The number of rotatable bonds is 3. The highest BCUT2D eigenvalue weighted by molar-refractivity contribution is 5.81. The highest BCUT2D eigenvalue weighted by atomic mass is 16.5. The largest absolute Gasteiger partial charge is 0.463 e. The molecule has 70 valence electrons. The highest BCUT2D eigenvalue weighted by Gasteiger charge is 1.96. The van der Waals surface area contributed by atoms with E-state index in [-0.39, 0.29) is 0 Å². The third-order valence-electron chi connectivity index (χ3n) is 2.02. The number of aromatic nitrogens is 1. The van der Waals surface area contributed by atoms with Crippen molar-refractivity contribution in [3.63, 3.8) is 0 Å². The van der Waals surface area contributed by atoms with Crippen molar-refractivity contribution in [3.8, 4) is 0 Å². The first-order valence-corrected chi connectivity index (χ1v) is 4.28. The fourth-order valence-corrected chi connectivity index (χ4v) is 1.35. The van der Waals surface area contributed by atoms with Crippen molar-refractivity contribution in [2.24, 2.45) is 0 Å². The van der Waals surface area contributed by atoms with E-state index in [2.05, 4.69) is 9.72 Å². The molecular weight excluding hydrogens is 178 g/mol. The molecule has 1 aromatic carbocycles. The Morgan fingerprint density at radius 2 is 2.21 bits per heavy atom. The van der Waals surface area contributed by atoms with Gasteiger partial charge in [-0.3, -0.25) is 9.78 Å². The minimum Gasteiger partial charge on any atom is -0.463 e. The van der Waals surface area contributed by atoms with Gasteiger partial charge < -0.3 is 4.74 Å². The van der Waals surface area contributed by atoms with Crippen LogP contribution in [0.15, 0.2) is 36.7 Å². The third kappa shape index (κ3) is 1.71. The first-order chi connectivity index (χ1) is 6.90. The summed E-state index contributed by atoms with van der Waals surface area (Å²) in [6.45, 7) is 0.766. The average molecular weight is 187 g/mol. The summed E-state index contributed by atoms with van der Waals surface area (Å²) in [7, 11) is 0. The minimum atomic E-state index is 0.314. The summed E-state index contributed by atoms with van der Waals surface area (Å²) < 4.78 is 4.67. The Balaban J connectivity index is 2.36. The van der Waals surface area contributed by atoms with Gasteiger partial charge in [-0.15, -0.1) is 0 Å². The second-order valence-corrected chi connectivity index (χ2v) is 2.96. The molecule has 0 atom stereocenters. The van der Waals surface area contributed by atoms with Crippen LogP contribution < -0.4 is 0 Å². The molecule has 3 heteroatoms. The van der Waals surface area contributed by atoms with Gasteiger partial charge in [-0.2, -0.15) is 0 Å². The molecule has 0 saturated heterocycles. The van der Waals surface area contributed by atoms with Crippen molar-refractivity contribution in [1.29, 1.82) is 0 Å². The topological polar surface area (TPSA) is 39.2 Å². The first kappa shape index (κ1) is 8.69. The zero-order valence-corrected chi connectivity index (χ0v) is 7.51. The highest BCUT2D eigenvalue weighted by Crippen LogP contribution is 2.14. The van der Waals surface area contributed by atoms with Crippen molar-refractivity contribution < 1.29 is 9.53 Å². The van der Waals surface area contributed by atoms with Gasteiger partial charge in [-0.05, 0) is 23.1 Å². The van der Waals surface area contributed by atoms with Crippen LogP contribution in [0.25, 0.3) is 10.8 Å².